The molecule has 0 saturated heterocycles. The zero-order valence-electron chi connectivity index (χ0n) is 44.1. The van der Waals surface area contributed by atoms with E-state index in [1.165, 1.54) is 0 Å². The summed E-state index contributed by atoms with van der Waals surface area (Å²) in [7, 11) is -7.64. The van der Waals surface area contributed by atoms with Crippen LogP contribution in [0.2, 0.25) is 0 Å². The van der Waals surface area contributed by atoms with Crippen molar-refractivity contribution in [3.63, 3.8) is 0 Å². The van der Waals surface area contributed by atoms with Gasteiger partial charge >= 0.3 is 186 Å². The van der Waals surface area contributed by atoms with Crippen molar-refractivity contribution < 1.29 is 291 Å². The number of hydrogen-bond acceptors (Lipinski definition) is 4. The van der Waals surface area contributed by atoms with Crippen LogP contribution in [0.25, 0.3) is 0 Å². The Hall–Kier alpha value is -4.27. The minimum Gasteiger partial charge on any atom is -0.344 e. The molecule has 102 heavy (non-hydrogen) atoms. The Labute approximate surface area is 510 Å². The molecule has 0 radical (unpaired) electrons. The Bertz CT molecular complexity index is 2750. The summed E-state index contributed by atoms with van der Waals surface area (Å²) in [6.07, 6.45) is -45.1. The lowest BCUT2D eigenvalue weighted by molar-refractivity contribution is -0.491. The van der Waals surface area contributed by atoms with Crippen LogP contribution in [0.15, 0.2) is 0 Å². The molecule has 0 aliphatic heterocycles. The van der Waals surface area contributed by atoms with Gasteiger partial charge in [0.25, 0.3) is 0 Å². The smallest absolute Gasteiger partial charge is 0.344 e. The van der Waals surface area contributed by atoms with E-state index in [-0.39, 0.29) is 6.15 Å². The molecule has 0 unspecified atom stereocenters. The molecular formula is C34H12F62NO4P. The van der Waals surface area contributed by atoms with E-state index in [9.17, 15) is 277 Å². The highest BCUT2D eigenvalue weighted by Crippen LogP contribution is 2.74. The molecule has 0 aliphatic carbocycles. The van der Waals surface area contributed by atoms with Gasteiger partial charge in [0.15, 0.2) is 0 Å². The maximum atomic E-state index is 14.3. The molecule has 5 nitrogen and oxygen atoms in total. The maximum Gasteiger partial charge on any atom is 0.472 e. The van der Waals surface area contributed by atoms with Gasteiger partial charge in [0, 0.05) is 12.8 Å². The summed E-state index contributed by atoms with van der Waals surface area (Å²) in [5.41, 5.74) is -19.3. The first-order chi connectivity index (χ1) is 42.4. The standard InChI is InChI=1S/C34H9F62O4P.H3N/c35-5(36,9(41,42)13(49,50)17(57,58)21(65,66)25(73,74)29(81,82)27(77,78)23(69,70)19(61,62)15(53,54)11(45,46)7(39,31(85,86)87)32(88,89)90)1-3-99-101(97,98)100-4-2-6(37,38)10(43,44)14(51,52)18(59,60)22(67,68)26(75,76)30(83,84)28(79,80)24(71,72)20(63,64)16(55,56)12(47,48)8(40,33(91,92)93)34(94,95)96;/h1-4H2,(H,97,98);1H3. The normalized spacial score (nSPS) is 17.2. The molecule has 0 bridgehead atoms. The highest BCUT2D eigenvalue weighted by molar-refractivity contribution is 7.47. The molecule has 0 aromatic heterocycles. The molecule has 4 N–H and O–H groups in total. The van der Waals surface area contributed by atoms with Crippen molar-refractivity contribution in [2.24, 2.45) is 0 Å². The minimum absolute atomic E-state index is 0. The molecule has 0 rings (SSSR count). The summed E-state index contributed by atoms with van der Waals surface area (Å²) in [4.78, 5) is 9.06. The molecule has 616 valence electrons. The van der Waals surface area contributed by atoms with Gasteiger partial charge in [-0.25, -0.2) is 13.3 Å². The predicted molar refractivity (Wildman–Crippen MR) is 187 cm³/mol. The van der Waals surface area contributed by atoms with E-state index in [4.69, 9.17) is 4.89 Å². The number of hydrogen-bond donors (Lipinski definition) is 2. The SMILES string of the molecule is N.O=P(O)(OCCC(F)(F)C(F)(F)C(F)(F)C(F)(F)C(F)(F)C(F)(F)C(F)(F)C(F)(F)C(F)(F)C(F)(F)C(F)(F)C(F)(F)C(F)(C(F)(F)F)C(F)(F)F)OCCC(F)(F)C(F)(F)C(F)(F)C(F)(F)C(F)(F)C(F)(F)C(F)(F)C(F)(F)C(F)(F)C(F)(F)C(F)(F)C(F)(F)C(F)(C(F)(F)F)C(F)(F)F. The van der Waals surface area contributed by atoms with E-state index in [0.29, 0.717) is 0 Å². The van der Waals surface area contributed by atoms with Crippen LogP contribution in [-0.2, 0) is 13.6 Å². The van der Waals surface area contributed by atoms with Crippen LogP contribution in [0.5, 0.6) is 0 Å². The van der Waals surface area contributed by atoms with E-state index in [1.54, 1.807) is 0 Å². The Morgan fingerprint density at radius 3 is 0.392 bits per heavy atom. The summed E-state index contributed by atoms with van der Waals surface area (Å²) in [6, 6.07) is 0. The van der Waals surface area contributed by atoms with Gasteiger partial charge in [-0.3, -0.25) is 9.05 Å². The van der Waals surface area contributed by atoms with Gasteiger partial charge in [-0.1, -0.05) is 0 Å². The van der Waals surface area contributed by atoms with E-state index in [2.05, 4.69) is 9.05 Å². The lowest BCUT2D eigenvalue weighted by Crippen LogP contribution is -2.80. The highest BCUT2D eigenvalue weighted by Gasteiger charge is 3.05. The summed E-state index contributed by atoms with van der Waals surface area (Å²) in [5.74, 6) is -242. The molecule has 0 amide bonds. The lowest BCUT2D eigenvalue weighted by atomic mass is 9.81. The Kier molecular flexibility index (Phi) is 24.6. The zero-order valence-corrected chi connectivity index (χ0v) is 45.0. The van der Waals surface area contributed by atoms with Crippen LogP contribution >= 0.6 is 7.82 Å². The fraction of sp³-hybridized carbons (Fsp3) is 1.00. The van der Waals surface area contributed by atoms with E-state index < -0.39 is 212 Å². The van der Waals surface area contributed by atoms with Gasteiger partial charge in [-0.05, 0) is 0 Å². The molecule has 0 aromatic rings. The van der Waals surface area contributed by atoms with Crippen LogP contribution in [0.4, 0.5) is 272 Å². The summed E-state index contributed by atoms with van der Waals surface area (Å²) in [6.45, 7) is -7.48. The molecule has 0 atom stereocenters. The third-order valence-electron chi connectivity index (χ3n) is 12.6. The number of phosphoric ester groups is 1. The topological polar surface area (TPSA) is 90.8 Å². The number of rotatable bonds is 32. The van der Waals surface area contributed by atoms with E-state index in [0.717, 1.165) is 0 Å². The van der Waals surface area contributed by atoms with Crippen LogP contribution in [0.1, 0.15) is 12.8 Å². The average molecular weight is 1710 g/mol. The predicted octanol–water partition coefficient (Wildman–Crippen LogP) is 21.0. The Morgan fingerprint density at radius 1 is 0.186 bits per heavy atom. The second kappa shape index (κ2) is 25.2. The summed E-state index contributed by atoms with van der Waals surface area (Å²) in [5, 5.41) is 0. The maximum absolute atomic E-state index is 14.3. The van der Waals surface area contributed by atoms with Gasteiger partial charge in [-0.15, -0.1) is 0 Å². The van der Waals surface area contributed by atoms with Gasteiger partial charge in [-0.2, -0.15) is 263 Å². The third-order valence-corrected chi connectivity index (χ3v) is 13.6. The van der Waals surface area contributed by atoms with Gasteiger partial charge in [0.1, 0.15) is 0 Å². The van der Waals surface area contributed by atoms with E-state index >= 15 is 0 Å². The lowest BCUT2D eigenvalue weighted by Gasteiger charge is -2.47. The van der Waals surface area contributed by atoms with Gasteiger partial charge < -0.3 is 11.0 Å². The zero-order chi connectivity index (χ0) is 83.7. The van der Waals surface area contributed by atoms with Crippen LogP contribution < -0.4 is 6.15 Å². The first-order valence-electron chi connectivity index (χ1n) is 21.7. The number of phosphoric acid groups is 1. The Balaban J connectivity index is 0. The molecule has 68 heteroatoms. The van der Waals surface area contributed by atoms with Crippen molar-refractivity contribution in [3.8, 4) is 0 Å². The van der Waals surface area contributed by atoms with Gasteiger partial charge in [0.05, 0.1) is 13.2 Å². The second-order valence-corrected chi connectivity index (χ2v) is 20.4. The largest absolute Gasteiger partial charge is 0.472 e. The van der Waals surface area contributed by atoms with Gasteiger partial charge in [0.2, 0.25) is 0 Å². The molecular weight excluding hydrogens is 1700 g/mol. The van der Waals surface area contributed by atoms with Crippen LogP contribution in [0.3, 0.4) is 0 Å². The molecule has 0 aromatic carbocycles. The second-order valence-electron chi connectivity index (χ2n) is 19.0. The first kappa shape index (κ1) is 99.8. The number of alkyl halides is 62. The van der Waals surface area contributed by atoms with Crippen LogP contribution in [-0.4, -0.2) is 196 Å². The van der Waals surface area contributed by atoms with Crippen molar-refractivity contribution in [2.75, 3.05) is 13.2 Å². The van der Waals surface area contributed by atoms with Crippen molar-refractivity contribution in [1.82, 2.24) is 6.15 Å². The summed E-state index contributed by atoms with van der Waals surface area (Å²) < 4.78 is 873. The van der Waals surface area contributed by atoms with Crippen molar-refractivity contribution >= 4 is 7.82 Å². The molecule has 0 fully saturated rings. The number of halogens is 62. The Morgan fingerprint density at radius 2 is 0.284 bits per heavy atom. The van der Waals surface area contributed by atoms with Crippen molar-refractivity contribution in [1.29, 1.82) is 0 Å². The third kappa shape index (κ3) is 12.4. The quantitative estimate of drug-likeness (QED) is 0.0517. The molecule has 0 saturated carbocycles. The summed E-state index contributed by atoms with van der Waals surface area (Å²) >= 11 is 0. The average Bonchev–Trinajstić information content (AvgIpc) is 0.682. The molecule has 0 aliphatic rings. The monoisotopic (exact) mass is 1710 g/mol. The van der Waals surface area contributed by atoms with Crippen molar-refractivity contribution in [3.05, 3.63) is 0 Å². The fourth-order valence-corrected chi connectivity index (χ4v) is 7.12. The minimum atomic E-state index is -10.6. The fourth-order valence-electron chi connectivity index (χ4n) is 6.40. The first-order valence-corrected chi connectivity index (χ1v) is 23.2. The molecule has 0 spiro atoms. The molecule has 0 heterocycles. The van der Waals surface area contributed by atoms with Crippen LogP contribution in [0, 0.1) is 0 Å². The van der Waals surface area contributed by atoms with Crippen molar-refractivity contribution in [2.45, 2.75) is 191 Å². The highest BCUT2D eigenvalue weighted by atomic mass is 31.2. The van der Waals surface area contributed by atoms with E-state index in [1.807, 2.05) is 0 Å².